The second kappa shape index (κ2) is 5.10. The van der Waals surface area contributed by atoms with Crippen LogP contribution in [0.1, 0.15) is 15.4 Å². The average Bonchev–Trinajstić information content (AvgIpc) is 3.05. The third-order valence-electron chi connectivity index (χ3n) is 2.92. The van der Waals surface area contributed by atoms with Crippen molar-refractivity contribution >= 4 is 17.3 Å². The van der Waals surface area contributed by atoms with Gasteiger partial charge in [0, 0.05) is 16.5 Å². The molecule has 5 nitrogen and oxygen atoms in total. The lowest BCUT2D eigenvalue weighted by molar-refractivity contribution is 0.0690. The Morgan fingerprint density at radius 2 is 2.19 bits per heavy atom. The first-order chi connectivity index (χ1) is 10.0. The SMILES string of the molecule is Cc1sc(-c2cccc(F)c2)nc1-c1cc(C(=O)O)[nH]n1. The van der Waals surface area contributed by atoms with Gasteiger partial charge in [-0.25, -0.2) is 14.2 Å². The number of aromatic amines is 1. The van der Waals surface area contributed by atoms with Crippen LogP contribution in [0, 0.1) is 12.7 Å². The van der Waals surface area contributed by atoms with Crippen LogP contribution in [0.5, 0.6) is 0 Å². The third kappa shape index (κ3) is 2.55. The van der Waals surface area contributed by atoms with Gasteiger partial charge >= 0.3 is 5.97 Å². The molecule has 3 aromatic rings. The molecule has 2 aromatic heterocycles. The van der Waals surface area contributed by atoms with E-state index in [-0.39, 0.29) is 11.5 Å². The zero-order valence-corrected chi connectivity index (χ0v) is 11.7. The summed E-state index contributed by atoms with van der Waals surface area (Å²) >= 11 is 1.41. The number of nitrogens with one attached hydrogen (secondary N) is 1. The normalized spacial score (nSPS) is 10.8. The lowest BCUT2D eigenvalue weighted by Crippen LogP contribution is -1.95. The highest BCUT2D eigenvalue weighted by molar-refractivity contribution is 7.15. The molecular weight excluding hydrogens is 293 g/mol. The number of carboxylic acids is 1. The molecule has 0 aliphatic heterocycles. The second-order valence-corrected chi connectivity index (χ2v) is 5.61. The molecule has 0 atom stereocenters. The maximum atomic E-state index is 13.3. The quantitative estimate of drug-likeness (QED) is 0.777. The fraction of sp³-hybridized carbons (Fsp3) is 0.0714. The number of nitrogens with zero attached hydrogens (tertiary/aromatic N) is 2. The fourth-order valence-electron chi connectivity index (χ4n) is 1.93. The number of aryl methyl sites for hydroxylation is 1. The Labute approximate surface area is 123 Å². The minimum absolute atomic E-state index is 0.00436. The van der Waals surface area contributed by atoms with Crippen LogP contribution in [0.3, 0.4) is 0 Å². The predicted molar refractivity (Wildman–Crippen MR) is 76.8 cm³/mol. The number of halogens is 1. The van der Waals surface area contributed by atoms with E-state index in [0.717, 1.165) is 4.88 Å². The first-order valence-corrected chi connectivity index (χ1v) is 6.88. The van der Waals surface area contributed by atoms with E-state index in [4.69, 9.17) is 5.11 Å². The van der Waals surface area contributed by atoms with Gasteiger partial charge in [-0.2, -0.15) is 5.10 Å². The van der Waals surface area contributed by atoms with E-state index in [2.05, 4.69) is 15.2 Å². The van der Waals surface area contributed by atoms with Gasteiger partial charge in [-0.3, -0.25) is 5.10 Å². The number of aromatic carboxylic acids is 1. The molecule has 0 amide bonds. The standard InChI is InChI=1S/C14H10FN3O2S/c1-7-12(10-6-11(14(19)20)18-17-10)16-13(21-7)8-3-2-4-9(15)5-8/h2-6H,1H3,(H,17,18)(H,19,20). The van der Waals surface area contributed by atoms with Crippen LogP contribution in [-0.4, -0.2) is 26.3 Å². The van der Waals surface area contributed by atoms with E-state index in [1.807, 2.05) is 6.92 Å². The zero-order chi connectivity index (χ0) is 15.0. The van der Waals surface area contributed by atoms with Crippen LogP contribution in [0.4, 0.5) is 4.39 Å². The molecule has 7 heteroatoms. The summed E-state index contributed by atoms with van der Waals surface area (Å²) in [5, 5.41) is 16.0. The lowest BCUT2D eigenvalue weighted by atomic mass is 10.2. The molecule has 0 bridgehead atoms. The number of aromatic nitrogens is 3. The minimum Gasteiger partial charge on any atom is -0.477 e. The van der Waals surface area contributed by atoms with Crippen LogP contribution in [0.25, 0.3) is 22.0 Å². The van der Waals surface area contributed by atoms with Crippen molar-refractivity contribution < 1.29 is 14.3 Å². The molecule has 1 aromatic carbocycles. The monoisotopic (exact) mass is 303 g/mol. The summed E-state index contributed by atoms with van der Waals surface area (Å²) < 4.78 is 13.3. The molecule has 0 fully saturated rings. The summed E-state index contributed by atoms with van der Waals surface area (Å²) in [6, 6.07) is 7.61. The number of thiazole rings is 1. The van der Waals surface area contributed by atoms with Gasteiger partial charge in [0.1, 0.15) is 27.9 Å². The van der Waals surface area contributed by atoms with Crippen LogP contribution in [0.15, 0.2) is 30.3 Å². The Bertz CT molecular complexity index is 825. The largest absolute Gasteiger partial charge is 0.477 e. The van der Waals surface area contributed by atoms with Crippen molar-refractivity contribution in [1.29, 1.82) is 0 Å². The van der Waals surface area contributed by atoms with Crippen molar-refractivity contribution in [3.63, 3.8) is 0 Å². The molecule has 2 N–H and O–H groups in total. The van der Waals surface area contributed by atoms with E-state index >= 15 is 0 Å². The number of hydrogen-bond acceptors (Lipinski definition) is 4. The van der Waals surface area contributed by atoms with Gasteiger partial charge in [0.25, 0.3) is 0 Å². The molecule has 0 spiro atoms. The van der Waals surface area contributed by atoms with Crippen molar-refractivity contribution in [2.24, 2.45) is 0 Å². The van der Waals surface area contributed by atoms with E-state index in [1.54, 1.807) is 12.1 Å². The first-order valence-electron chi connectivity index (χ1n) is 6.07. The second-order valence-electron chi connectivity index (χ2n) is 4.41. The smallest absolute Gasteiger partial charge is 0.353 e. The van der Waals surface area contributed by atoms with Crippen LogP contribution in [0.2, 0.25) is 0 Å². The number of benzene rings is 1. The van der Waals surface area contributed by atoms with Gasteiger partial charge in [0.05, 0.1) is 0 Å². The topological polar surface area (TPSA) is 78.9 Å². The van der Waals surface area contributed by atoms with Crippen LogP contribution < -0.4 is 0 Å². The molecular formula is C14H10FN3O2S. The van der Waals surface area contributed by atoms with Gasteiger partial charge in [0.2, 0.25) is 0 Å². The molecule has 2 heterocycles. The van der Waals surface area contributed by atoms with E-state index in [1.165, 1.54) is 29.5 Å². The maximum absolute atomic E-state index is 13.3. The Morgan fingerprint density at radius 1 is 1.38 bits per heavy atom. The average molecular weight is 303 g/mol. The Hall–Kier alpha value is -2.54. The van der Waals surface area contributed by atoms with Gasteiger partial charge in [-0.05, 0) is 19.1 Å². The van der Waals surface area contributed by atoms with Gasteiger partial charge in [-0.1, -0.05) is 12.1 Å². The first kappa shape index (κ1) is 13.4. The number of carbonyl (C=O) groups is 1. The molecule has 3 rings (SSSR count). The molecule has 0 aliphatic carbocycles. The van der Waals surface area contributed by atoms with Gasteiger partial charge < -0.3 is 5.11 Å². The predicted octanol–water partition coefficient (Wildman–Crippen LogP) is 3.35. The third-order valence-corrected chi connectivity index (χ3v) is 3.94. The van der Waals surface area contributed by atoms with Crippen LogP contribution in [-0.2, 0) is 0 Å². The summed E-state index contributed by atoms with van der Waals surface area (Å²) in [5.74, 6) is -1.40. The molecule has 21 heavy (non-hydrogen) atoms. The molecule has 0 saturated heterocycles. The van der Waals surface area contributed by atoms with E-state index in [0.29, 0.717) is 22.0 Å². The summed E-state index contributed by atoms with van der Waals surface area (Å²) in [6.45, 7) is 1.87. The summed E-state index contributed by atoms with van der Waals surface area (Å²) in [5.41, 5.74) is 1.75. The molecule has 0 radical (unpaired) electrons. The molecule has 106 valence electrons. The molecule has 0 unspecified atom stereocenters. The van der Waals surface area contributed by atoms with Crippen molar-refractivity contribution in [2.45, 2.75) is 6.92 Å². The molecule has 0 saturated carbocycles. The summed E-state index contributed by atoms with van der Waals surface area (Å²) in [4.78, 5) is 16.2. The fourth-order valence-corrected chi connectivity index (χ4v) is 2.85. The lowest BCUT2D eigenvalue weighted by Gasteiger charge is -1.95. The highest BCUT2D eigenvalue weighted by atomic mass is 32.1. The van der Waals surface area contributed by atoms with Gasteiger partial charge in [0.15, 0.2) is 0 Å². The molecule has 0 aliphatic rings. The van der Waals surface area contributed by atoms with Crippen molar-refractivity contribution in [3.05, 3.63) is 46.7 Å². The highest BCUT2D eigenvalue weighted by Crippen LogP contribution is 2.32. The minimum atomic E-state index is -1.08. The van der Waals surface area contributed by atoms with Crippen molar-refractivity contribution in [2.75, 3.05) is 0 Å². The Kier molecular flexibility index (Phi) is 3.26. The van der Waals surface area contributed by atoms with Gasteiger partial charge in [-0.15, -0.1) is 11.3 Å². The summed E-state index contributed by atoms with van der Waals surface area (Å²) in [7, 11) is 0. The highest BCUT2D eigenvalue weighted by Gasteiger charge is 2.16. The Balaban J connectivity index is 2.03. The van der Waals surface area contributed by atoms with E-state index < -0.39 is 5.97 Å². The zero-order valence-electron chi connectivity index (χ0n) is 10.9. The number of H-pyrrole nitrogens is 1. The van der Waals surface area contributed by atoms with Crippen molar-refractivity contribution in [1.82, 2.24) is 15.2 Å². The van der Waals surface area contributed by atoms with Crippen LogP contribution >= 0.6 is 11.3 Å². The summed E-state index contributed by atoms with van der Waals surface area (Å²) in [6.07, 6.45) is 0. The number of rotatable bonds is 3. The maximum Gasteiger partial charge on any atom is 0.353 e. The Morgan fingerprint density at radius 3 is 2.86 bits per heavy atom. The van der Waals surface area contributed by atoms with E-state index in [9.17, 15) is 9.18 Å². The number of hydrogen-bond donors (Lipinski definition) is 2. The number of carboxylic acid groups (broad SMARTS) is 1. The van der Waals surface area contributed by atoms with Crippen molar-refractivity contribution in [3.8, 4) is 22.0 Å².